The van der Waals surface area contributed by atoms with Gasteiger partial charge in [-0.25, -0.2) is 21.9 Å². The van der Waals surface area contributed by atoms with E-state index in [0.717, 1.165) is 27.6 Å². The summed E-state index contributed by atoms with van der Waals surface area (Å²) in [5, 5.41) is 7.15. The molecule has 7 nitrogen and oxygen atoms in total. The summed E-state index contributed by atoms with van der Waals surface area (Å²) in [6.07, 6.45) is 2.15. The fourth-order valence-electron chi connectivity index (χ4n) is 3.83. The van der Waals surface area contributed by atoms with E-state index in [4.69, 9.17) is 0 Å². The van der Waals surface area contributed by atoms with Crippen molar-refractivity contribution in [2.75, 3.05) is 18.4 Å². The minimum atomic E-state index is -4.19. The van der Waals surface area contributed by atoms with E-state index in [1.807, 2.05) is 31.2 Å². The lowest BCUT2D eigenvalue weighted by Gasteiger charge is -2.30. The number of carbonyl (C=O) groups is 1. The summed E-state index contributed by atoms with van der Waals surface area (Å²) in [4.78, 5) is 12.1. The van der Waals surface area contributed by atoms with Crippen molar-refractivity contribution in [3.8, 4) is 0 Å². The van der Waals surface area contributed by atoms with Crippen LogP contribution in [0.4, 0.5) is 14.6 Å². The van der Waals surface area contributed by atoms with E-state index < -0.39 is 32.5 Å². The van der Waals surface area contributed by atoms with Crippen molar-refractivity contribution in [1.82, 2.24) is 14.1 Å². The number of hydrogen-bond donors (Lipinski definition) is 1. The van der Waals surface area contributed by atoms with Gasteiger partial charge in [0.25, 0.3) is 0 Å². The lowest BCUT2D eigenvalue weighted by molar-refractivity contribution is -0.121. The zero-order valence-electron chi connectivity index (χ0n) is 18.0. The van der Waals surface area contributed by atoms with E-state index in [0.29, 0.717) is 18.4 Å². The summed E-state index contributed by atoms with van der Waals surface area (Å²) in [6, 6.07) is 12.1. The van der Waals surface area contributed by atoms with Crippen molar-refractivity contribution in [3.63, 3.8) is 0 Å². The number of sulfonamides is 1. The molecule has 0 unspecified atom stereocenters. The lowest BCUT2D eigenvalue weighted by Crippen LogP contribution is -2.41. The Morgan fingerprint density at radius 1 is 1.09 bits per heavy atom. The van der Waals surface area contributed by atoms with Crippen LogP contribution in [-0.4, -0.2) is 41.5 Å². The van der Waals surface area contributed by atoms with Crippen LogP contribution in [-0.2, 0) is 21.4 Å². The van der Waals surface area contributed by atoms with Crippen molar-refractivity contribution in [3.05, 3.63) is 77.5 Å². The van der Waals surface area contributed by atoms with Crippen molar-refractivity contribution < 1.29 is 22.0 Å². The number of nitrogens with zero attached hydrogens (tertiary/aromatic N) is 3. The molecule has 174 valence electrons. The minimum absolute atomic E-state index is 0.0407. The predicted octanol–water partition coefficient (Wildman–Crippen LogP) is 3.56. The van der Waals surface area contributed by atoms with Gasteiger partial charge in [-0.15, -0.1) is 0 Å². The summed E-state index contributed by atoms with van der Waals surface area (Å²) in [5.41, 5.74) is 2.20. The number of hydrogen-bond acceptors (Lipinski definition) is 4. The first-order chi connectivity index (χ1) is 15.7. The second-order valence-corrected chi connectivity index (χ2v) is 10.0. The number of aromatic nitrogens is 2. The van der Waals surface area contributed by atoms with E-state index in [1.165, 1.54) is 0 Å². The molecule has 0 aliphatic carbocycles. The molecule has 1 fully saturated rings. The van der Waals surface area contributed by atoms with Gasteiger partial charge in [-0.05, 0) is 43.5 Å². The molecule has 1 N–H and O–H groups in total. The molecule has 0 atom stereocenters. The summed E-state index contributed by atoms with van der Waals surface area (Å²) < 4.78 is 55.7. The molecule has 1 saturated heterocycles. The van der Waals surface area contributed by atoms with Crippen molar-refractivity contribution in [2.24, 2.45) is 5.92 Å². The average Bonchev–Trinajstić information content (AvgIpc) is 3.23. The van der Waals surface area contributed by atoms with Gasteiger partial charge in [-0.3, -0.25) is 4.79 Å². The molecule has 0 spiro atoms. The van der Waals surface area contributed by atoms with Crippen LogP contribution in [0.5, 0.6) is 0 Å². The number of nitrogens with one attached hydrogen (secondary N) is 1. The highest BCUT2D eigenvalue weighted by Crippen LogP contribution is 2.27. The van der Waals surface area contributed by atoms with Crippen LogP contribution < -0.4 is 5.32 Å². The summed E-state index contributed by atoms with van der Waals surface area (Å²) in [6.45, 7) is 2.59. The van der Waals surface area contributed by atoms with Gasteiger partial charge >= 0.3 is 0 Å². The number of aryl methyl sites for hydroxylation is 1. The molecular weight excluding hydrogens is 450 g/mol. The Bertz CT molecular complexity index is 1250. The van der Waals surface area contributed by atoms with Gasteiger partial charge in [0.1, 0.15) is 22.3 Å². The first-order valence-corrected chi connectivity index (χ1v) is 12.0. The van der Waals surface area contributed by atoms with Crippen LogP contribution in [0, 0.1) is 24.5 Å². The first kappa shape index (κ1) is 23.1. The Balaban J connectivity index is 1.38. The molecule has 1 aromatic heterocycles. The summed E-state index contributed by atoms with van der Waals surface area (Å²) in [5.74, 6) is -1.91. The van der Waals surface area contributed by atoms with Gasteiger partial charge < -0.3 is 5.32 Å². The fraction of sp³-hybridized carbons (Fsp3) is 0.304. The van der Waals surface area contributed by atoms with Crippen molar-refractivity contribution in [2.45, 2.75) is 31.2 Å². The molecule has 0 radical (unpaired) electrons. The van der Waals surface area contributed by atoms with Gasteiger partial charge in [-0.2, -0.15) is 9.40 Å². The Labute approximate surface area is 191 Å². The van der Waals surface area contributed by atoms with Crippen LogP contribution in [0.2, 0.25) is 0 Å². The fourth-order valence-corrected chi connectivity index (χ4v) is 5.38. The van der Waals surface area contributed by atoms with Gasteiger partial charge in [0.2, 0.25) is 15.9 Å². The van der Waals surface area contributed by atoms with E-state index in [2.05, 4.69) is 10.4 Å². The number of halogens is 2. The van der Waals surface area contributed by atoms with Crippen LogP contribution in [0.3, 0.4) is 0 Å². The maximum absolute atomic E-state index is 14.0. The third kappa shape index (κ3) is 5.12. The third-order valence-corrected chi connectivity index (χ3v) is 7.67. The largest absolute Gasteiger partial charge is 0.311 e. The Kier molecular flexibility index (Phi) is 6.57. The standard InChI is InChI=1S/C23H24F2N4O3S/c1-16-2-4-17(5-3-16)15-29-22(8-11-26-29)27-23(30)18-9-12-28(13-10-18)33(31,32)21-14-19(24)6-7-20(21)25/h2-8,11,14,18H,9-10,12-13,15H2,1H3,(H,27,30). The van der Waals surface area contributed by atoms with Crippen LogP contribution in [0.1, 0.15) is 24.0 Å². The van der Waals surface area contributed by atoms with E-state index in [9.17, 15) is 22.0 Å². The molecule has 1 amide bonds. The molecule has 1 aliphatic rings. The smallest absolute Gasteiger partial charge is 0.246 e. The molecule has 0 saturated carbocycles. The quantitative estimate of drug-likeness (QED) is 0.592. The highest BCUT2D eigenvalue weighted by Gasteiger charge is 2.34. The van der Waals surface area contributed by atoms with Crippen LogP contribution in [0.25, 0.3) is 0 Å². The maximum Gasteiger partial charge on any atom is 0.246 e. The lowest BCUT2D eigenvalue weighted by atomic mass is 9.97. The summed E-state index contributed by atoms with van der Waals surface area (Å²) in [7, 11) is -4.19. The number of benzene rings is 2. The first-order valence-electron chi connectivity index (χ1n) is 10.6. The number of anilines is 1. The zero-order valence-corrected chi connectivity index (χ0v) is 18.9. The van der Waals surface area contributed by atoms with Crippen LogP contribution in [0.15, 0.2) is 59.6 Å². The molecule has 3 aromatic rings. The number of amides is 1. The molecule has 2 heterocycles. The SMILES string of the molecule is Cc1ccc(Cn2nccc2NC(=O)C2CCN(S(=O)(=O)c3cc(F)ccc3F)CC2)cc1. The predicted molar refractivity (Wildman–Crippen MR) is 119 cm³/mol. The Hall–Kier alpha value is -3.11. The Morgan fingerprint density at radius 3 is 2.48 bits per heavy atom. The molecule has 33 heavy (non-hydrogen) atoms. The van der Waals surface area contributed by atoms with E-state index in [-0.39, 0.29) is 31.8 Å². The molecule has 4 rings (SSSR count). The third-order valence-electron chi connectivity index (χ3n) is 5.76. The number of rotatable bonds is 6. The van der Waals surface area contributed by atoms with Gasteiger partial charge in [0.05, 0.1) is 12.7 Å². The van der Waals surface area contributed by atoms with E-state index >= 15 is 0 Å². The Morgan fingerprint density at radius 2 is 1.79 bits per heavy atom. The van der Waals surface area contributed by atoms with Crippen molar-refractivity contribution in [1.29, 1.82) is 0 Å². The molecule has 0 bridgehead atoms. The average molecular weight is 475 g/mol. The number of piperidine rings is 1. The highest BCUT2D eigenvalue weighted by atomic mass is 32.2. The monoisotopic (exact) mass is 474 g/mol. The maximum atomic E-state index is 14.0. The van der Waals surface area contributed by atoms with Gasteiger partial charge in [-0.1, -0.05) is 29.8 Å². The molecular formula is C23H24F2N4O3S. The highest BCUT2D eigenvalue weighted by molar-refractivity contribution is 7.89. The van der Waals surface area contributed by atoms with E-state index in [1.54, 1.807) is 16.9 Å². The normalized spacial score (nSPS) is 15.5. The summed E-state index contributed by atoms with van der Waals surface area (Å²) >= 11 is 0. The van der Waals surface area contributed by atoms with Gasteiger partial charge in [0, 0.05) is 25.1 Å². The molecule has 10 heteroatoms. The molecule has 1 aliphatic heterocycles. The minimum Gasteiger partial charge on any atom is -0.311 e. The van der Waals surface area contributed by atoms with Gasteiger partial charge in [0.15, 0.2) is 0 Å². The van der Waals surface area contributed by atoms with Crippen LogP contribution >= 0.6 is 0 Å². The number of carbonyl (C=O) groups excluding carboxylic acids is 1. The zero-order chi connectivity index (χ0) is 23.6. The second kappa shape index (κ2) is 9.40. The second-order valence-electron chi connectivity index (χ2n) is 8.10. The topological polar surface area (TPSA) is 84.3 Å². The molecule has 2 aromatic carbocycles. The van der Waals surface area contributed by atoms with Crippen molar-refractivity contribution >= 4 is 21.7 Å².